The predicted molar refractivity (Wildman–Crippen MR) is 54.0 cm³/mol. The van der Waals surface area contributed by atoms with Crippen LogP contribution in [0.3, 0.4) is 0 Å². The van der Waals surface area contributed by atoms with Gasteiger partial charge in [0, 0.05) is 5.41 Å². The van der Waals surface area contributed by atoms with E-state index >= 15 is 0 Å². The molecule has 0 bridgehead atoms. The number of hydrogen-bond acceptors (Lipinski definition) is 1. The van der Waals surface area contributed by atoms with Crippen LogP contribution in [0.15, 0.2) is 24.8 Å². The van der Waals surface area contributed by atoms with Crippen molar-refractivity contribution >= 4 is 0 Å². The Kier molecular flexibility index (Phi) is 4.25. The Morgan fingerprint density at radius 2 is 2.17 bits per heavy atom. The van der Waals surface area contributed by atoms with E-state index in [1.54, 1.807) is 0 Å². The Morgan fingerprint density at radius 3 is 2.42 bits per heavy atom. The van der Waals surface area contributed by atoms with Gasteiger partial charge in [-0.15, -0.1) is 13.2 Å². The van der Waals surface area contributed by atoms with Crippen LogP contribution >= 0.6 is 0 Å². The SMILES string of the molecule is C=CC(C)(CC(=C)C)C(O)CC. The quantitative estimate of drug-likeness (QED) is 0.626. The summed E-state index contributed by atoms with van der Waals surface area (Å²) in [4.78, 5) is 0. The lowest BCUT2D eigenvalue weighted by molar-refractivity contribution is 0.0672. The van der Waals surface area contributed by atoms with Crippen molar-refractivity contribution in [3.05, 3.63) is 24.8 Å². The van der Waals surface area contributed by atoms with Crippen LogP contribution in [0, 0.1) is 5.41 Å². The molecule has 0 aromatic heterocycles. The van der Waals surface area contributed by atoms with Crippen molar-refractivity contribution < 1.29 is 5.11 Å². The lowest BCUT2D eigenvalue weighted by Gasteiger charge is -2.31. The van der Waals surface area contributed by atoms with E-state index in [9.17, 15) is 5.11 Å². The van der Waals surface area contributed by atoms with Gasteiger partial charge in [0.1, 0.15) is 0 Å². The fourth-order valence-corrected chi connectivity index (χ4v) is 1.44. The summed E-state index contributed by atoms with van der Waals surface area (Å²) in [6, 6.07) is 0. The summed E-state index contributed by atoms with van der Waals surface area (Å²) in [6.45, 7) is 13.6. The molecule has 0 amide bonds. The van der Waals surface area contributed by atoms with Gasteiger partial charge in [-0.3, -0.25) is 0 Å². The molecule has 0 aromatic rings. The highest BCUT2D eigenvalue weighted by atomic mass is 16.3. The first-order chi connectivity index (χ1) is 5.46. The molecule has 0 aliphatic carbocycles. The molecule has 0 radical (unpaired) electrons. The third-order valence-corrected chi connectivity index (χ3v) is 2.30. The Hall–Kier alpha value is -0.560. The van der Waals surface area contributed by atoms with Crippen molar-refractivity contribution in [2.24, 2.45) is 5.41 Å². The van der Waals surface area contributed by atoms with Gasteiger partial charge in [-0.2, -0.15) is 0 Å². The second-order valence-corrected chi connectivity index (χ2v) is 3.77. The first-order valence-corrected chi connectivity index (χ1v) is 4.42. The highest BCUT2D eigenvalue weighted by Crippen LogP contribution is 2.31. The number of allylic oxidation sites excluding steroid dienone is 1. The first kappa shape index (κ1) is 11.4. The zero-order valence-electron chi connectivity index (χ0n) is 8.43. The highest BCUT2D eigenvalue weighted by molar-refractivity contribution is 5.05. The van der Waals surface area contributed by atoms with Crippen LogP contribution in [0.2, 0.25) is 0 Å². The molecule has 0 saturated carbocycles. The van der Waals surface area contributed by atoms with Gasteiger partial charge >= 0.3 is 0 Å². The molecule has 1 heteroatoms. The molecule has 2 atom stereocenters. The lowest BCUT2D eigenvalue weighted by atomic mass is 9.78. The van der Waals surface area contributed by atoms with Crippen LogP contribution in [0.4, 0.5) is 0 Å². The average molecular weight is 168 g/mol. The summed E-state index contributed by atoms with van der Waals surface area (Å²) in [5, 5.41) is 9.71. The minimum absolute atomic E-state index is 0.208. The Balaban J connectivity index is 4.43. The molecule has 0 aromatic carbocycles. The summed E-state index contributed by atoms with van der Waals surface area (Å²) in [6.07, 6.45) is 3.09. The monoisotopic (exact) mass is 168 g/mol. The molecule has 0 fully saturated rings. The molecular weight excluding hydrogens is 148 g/mol. The summed E-state index contributed by atoms with van der Waals surface area (Å²) in [5.74, 6) is 0. The van der Waals surface area contributed by atoms with Crippen LogP contribution in [-0.2, 0) is 0 Å². The molecule has 1 nitrogen and oxygen atoms in total. The van der Waals surface area contributed by atoms with E-state index in [2.05, 4.69) is 13.2 Å². The van der Waals surface area contributed by atoms with Crippen molar-refractivity contribution in [2.75, 3.05) is 0 Å². The highest BCUT2D eigenvalue weighted by Gasteiger charge is 2.28. The third kappa shape index (κ3) is 2.82. The van der Waals surface area contributed by atoms with Crippen LogP contribution < -0.4 is 0 Å². The van der Waals surface area contributed by atoms with Gasteiger partial charge in [0.05, 0.1) is 6.10 Å². The van der Waals surface area contributed by atoms with E-state index in [0.717, 1.165) is 18.4 Å². The maximum absolute atomic E-state index is 9.71. The summed E-state index contributed by atoms with van der Waals surface area (Å²) in [7, 11) is 0. The Labute approximate surface area is 75.8 Å². The fraction of sp³-hybridized carbons (Fsp3) is 0.636. The van der Waals surface area contributed by atoms with Gasteiger partial charge < -0.3 is 5.11 Å². The number of hydrogen-bond donors (Lipinski definition) is 1. The van der Waals surface area contributed by atoms with Crippen molar-refractivity contribution in [3.63, 3.8) is 0 Å². The van der Waals surface area contributed by atoms with E-state index in [4.69, 9.17) is 0 Å². The number of aliphatic hydroxyl groups is 1. The minimum atomic E-state index is -0.313. The third-order valence-electron chi connectivity index (χ3n) is 2.30. The molecule has 0 rings (SSSR count). The first-order valence-electron chi connectivity index (χ1n) is 4.42. The van der Waals surface area contributed by atoms with Gasteiger partial charge in [-0.05, 0) is 19.8 Å². The largest absolute Gasteiger partial charge is 0.392 e. The molecule has 0 aliphatic rings. The molecule has 12 heavy (non-hydrogen) atoms. The smallest absolute Gasteiger partial charge is 0.0628 e. The molecule has 2 unspecified atom stereocenters. The zero-order chi connectivity index (χ0) is 9.78. The maximum Gasteiger partial charge on any atom is 0.0628 e. The van der Waals surface area contributed by atoms with Crippen molar-refractivity contribution in [3.8, 4) is 0 Å². The Morgan fingerprint density at radius 1 is 1.67 bits per heavy atom. The zero-order valence-corrected chi connectivity index (χ0v) is 8.43. The molecular formula is C11H20O. The topological polar surface area (TPSA) is 20.2 Å². The number of aliphatic hydroxyl groups excluding tert-OH is 1. The molecule has 0 heterocycles. The van der Waals surface area contributed by atoms with E-state index in [1.165, 1.54) is 0 Å². The summed E-state index contributed by atoms with van der Waals surface area (Å²) >= 11 is 0. The van der Waals surface area contributed by atoms with Crippen LogP contribution in [0.5, 0.6) is 0 Å². The van der Waals surface area contributed by atoms with Gasteiger partial charge in [-0.1, -0.05) is 25.5 Å². The molecule has 1 N–H and O–H groups in total. The van der Waals surface area contributed by atoms with Crippen LogP contribution in [-0.4, -0.2) is 11.2 Å². The van der Waals surface area contributed by atoms with E-state index in [-0.39, 0.29) is 11.5 Å². The number of rotatable bonds is 5. The van der Waals surface area contributed by atoms with Crippen LogP contribution in [0.25, 0.3) is 0 Å². The second kappa shape index (κ2) is 4.46. The van der Waals surface area contributed by atoms with Gasteiger partial charge in [0.15, 0.2) is 0 Å². The molecule has 0 aliphatic heterocycles. The standard InChI is InChI=1S/C11H20O/c1-6-10(12)11(5,7-2)8-9(3)4/h7,10,12H,2-3,6,8H2,1,4-5H3. The van der Waals surface area contributed by atoms with Crippen molar-refractivity contribution in [2.45, 2.75) is 39.7 Å². The molecule has 0 saturated heterocycles. The second-order valence-electron chi connectivity index (χ2n) is 3.77. The van der Waals surface area contributed by atoms with Gasteiger partial charge in [0.2, 0.25) is 0 Å². The predicted octanol–water partition coefficient (Wildman–Crippen LogP) is 2.92. The minimum Gasteiger partial charge on any atom is -0.392 e. The molecule has 0 spiro atoms. The summed E-state index contributed by atoms with van der Waals surface area (Å²) in [5.41, 5.74) is 0.880. The Bertz CT molecular complexity index is 172. The fourth-order valence-electron chi connectivity index (χ4n) is 1.44. The van der Waals surface area contributed by atoms with Crippen molar-refractivity contribution in [1.29, 1.82) is 0 Å². The van der Waals surface area contributed by atoms with Gasteiger partial charge in [0.25, 0.3) is 0 Å². The maximum atomic E-state index is 9.71. The normalized spacial score (nSPS) is 18.0. The molecule has 70 valence electrons. The van der Waals surface area contributed by atoms with Crippen LogP contribution in [0.1, 0.15) is 33.6 Å². The van der Waals surface area contributed by atoms with E-state index in [0.29, 0.717) is 0 Å². The average Bonchev–Trinajstić information content (AvgIpc) is 2.01. The summed E-state index contributed by atoms with van der Waals surface area (Å²) < 4.78 is 0. The van der Waals surface area contributed by atoms with E-state index < -0.39 is 0 Å². The van der Waals surface area contributed by atoms with Crippen molar-refractivity contribution in [1.82, 2.24) is 0 Å². The van der Waals surface area contributed by atoms with E-state index in [1.807, 2.05) is 26.8 Å². The lowest BCUT2D eigenvalue weighted by Crippen LogP contribution is -2.29. The van der Waals surface area contributed by atoms with Gasteiger partial charge in [-0.25, -0.2) is 0 Å².